The van der Waals surface area contributed by atoms with E-state index in [1.807, 2.05) is 6.07 Å². The predicted octanol–water partition coefficient (Wildman–Crippen LogP) is 6.66. The Morgan fingerprint density at radius 3 is 2.53 bits per heavy atom. The van der Waals surface area contributed by atoms with E-state index in [9.17, 15) is 0 Å². The van der Waals surface area contributed by atoms with E-state index in [-0.39, 0.29) is 0 Å². The van der Waals surface area contributed by atoms with Gasteiger partial charge in [0.05, 0.1) is 4.90 Å². The van der Waals surface area contributed by atoms with Gasteiger partial charge in [-0.1, -0.05) is 48.5 Å². The molecule has 0 atom stereocenters. The van der Waals surface area contributed by atoms with Gasteiger partial charge in [-0.05, 0) is 88.2 Å². The van der Waals surface area contributed by atoms with E-state index in [0.29, 0.717) is 0 Å². The van der Waals surface area contributed by atoms with Gasteiger partial charge in [-0.15, -0.1) is 0 Å². The summed E-state index contributed by atoms with van der Waals surface area (Å²) in [6.45, 7) is 4.00. The van der Waals surface area contributed by atoms with Crippen molar-refractivity contribution in [3.05, 3.63) is 76.3 Å². The number of rotatable bonds is 5. The standard InChI is InChI=1S/C23H20ClN3OS2/c1-2-15-3-7-19(8-4-15)29-20-9-10-21(23-22(20)25-28-26-23)30-27-12-11-16-5-6-18(24)13-17(16)14-27/h3-10,13H,2,11-12,14H2,1H3. The van der Waals surface area contributed by atoms with E-state index in [1.165, 1.54) is 21.6 Å². The van der Waals surface area contributed by atoms with E-state index in [4.69, 9.17) is 16.2 Å². The zero-order chi connectivity index (χ0) is 20.5. The van der Waals surface area contributed by atoms with Gasteiger partial charge in [0, 0.05) is 27.9 Å². The molecule has 2 heterocycles. The van der Waals surface area contributed by atoms with Gasteiger partial charge in [0.25, 0.3) is 0 Å². The van der Waals surface area contributed by atoms with Crippen LogP contribution in [0.4, 0.5) is 0 Å². The minimum atomic E-state index is 0.789. The number of benzene rings is 3. The summed E-state index contributed by atoms with van der Waals surface area (Å²) >= 11 is 9.58. The third-order valence-electron chi connectivity index (χ3n) is 5.27. The molecule has 0 radical (unpaired) electrons. The molecule has 3 aromatic carbocycles. The lowest BCUT2D eigenvalue weighted by molar-refractivity contribution is 0.314. The Bertz CT molecular complexity index is 1190. The van der Waals surface area contributed by atoms with Crippen LogP contribution in [0, 0.1) is 0 Å². The number of hydrogen-bond acceptors (Lipinski definition) is 6. The fraction of sp³-hybridized carbons (Fsp3) is 0.217. The number of aromatic nitrogens is 2. The second kappa shape index (κ2) is 8.63. The van der Waals surface area contributed by atoms with Crippen LogP contribution >= 0.6 is 35.3 Å². The Hall–Kier alpha value is -1.99. The lowest BCUT2D eigenvalue weighted by atomic mass is 10.0. The van der Waals surface area contributed by atoms with Crippen molar-refractivity contribution in [2.24, 2.45) is 0 Å². The van der Waals surface area contributed by atoms with Crippen LogP contribution in [-0.2, 0) is 19.4 Å². The van der Waals surface area contributed by atoms with Gasteiger partial charge in [0.15, 0.2) is 5.52 Å². The average molecular weight is 454 g/mol. The summed E-state index contributed by atoms with van der Waals surface area (Å²) in [6, 6.07) is 19.1. The SMILES string of the molecule is CCc1ccc(Sc2ccc(SN3CCc4ccc(Cl)cc4C3)c3nonc23)cc1. The van der Waals surface area contributed by atoms with Crippen LogP contribution in [0.25, 0.3) is 11.0 Å². The maximum Gasteiger partial charge on any atom is 0.151 e. The lowest BCUT2D eigenvalue weighted by Crippen LogP contribution is -2.24. The fourth-order valence-corrected chi connectivity index (χ4v) is 5.72. The van der Waals surface area contributed by atoms with Gasteiger partial charge < -0.3 is 0 Å². The first-order valence-corrected chi connectivity index (χ1v) is 11.9. The molecule has 1 aliphatic rings. The number of aryl methyl sites for hydroxylation is 1. The summed E-state index contributed by atoms with van der Waals surface area (Å²) in [7, 11) is 0. The van der Waals surface area contributed by atoms with Crippen molar-refractivity contribution in [1.82, 2.24) is 14.6 Å². The normalized spacial score (nSPS) is 14.2. The fourth-order valence-electron chi connectivity index (χ4n) is 3.61. The summed E-state index contributed by atoms with van der Waals surface area (Å²) in [6.07, 6.45) is 2.06. The first-order chi connectivity index (χ1) is 14.7. The Morgan fingerprint density at radius 1 is 0.967 bits per heavy atom. The van der Waals surface area contributed by atoms with Crippen molar-refractivity contribution in [2.45, 2.75) is 41.0 Å². The molecule has 0 saturated heterocycles. The van der Waals surface area contributed by atoms with Crippen molar-refractivity contribution < 1.29 is 4.63 Å². The Kier molecular flexibility index (Phi) is 5.74. The maximum absolute atomic E-state index is 6.19. The third kappa shape index (κ3) is 4.10. The van der Waals surface area contributed by atoms with Gasteiger partial charge in [0.1, 0.15) is 5.52 Å². The highest BCUT2D eigenvalue weighted by atomic mass is 35.5. The topological polar surface area (TPSA) is 42.2 Å². The van der Waals surface area contributed by atoms with Crippen molar-refractivity contribution in [1.29, 1.82) is 0 Å². The highest BCUT2D eigenvalue weighted by molar-refractivity contribution is 7.99. The van der Waals surface area contributed by atoms with Crippen LogP contribution in [0.1, 0.15) is 23.6 Å². The van der Waals surface area contributed by atoms with E-state index in [2.05, 4.69) is 70.1 Å². The van der Waals surface area contributed by atoms with E-state index >= 15 is 0 Å². The van der Waals surface area contributed by atoms with Crippen LogP contribution in [0.15, 0.2) is 73.9 Å². The van der Waals surface area contributed by atoms with Crippen LogP contribution in [0.5, 0.6) is 0 Å². The molecule has 5 rings (SSSR count). The number of halogens is 1. The predicted molar refractivity (Wildman–Crippen MR) is 123 cm³/mol. The van der Waals surface area contributed by atoms with Crippen molar-refractivity contribution in [2.75, 3.05) is 6.54 Å². The number of nitrogens with zero attached hydrogens (tertiary/aromatic N) is 3. The molecule has 30 heavy (non-hydrogen) atoms. The summed E-state index contributed by atoms with van der Waals surface area (Å²) in [5.41, 5.74) is 5.63. The van der Waals surface area contributed by atoms with Gasteiger partial charge in [-0.2, -0.15) is 0 Å². The molecule has 7 heteroatoms. The summed E-state index contributed by atoms with van der Waals surface area (Å²) < 4.78 is 7.46. The highest BCUT2D eigenvalue weighted by Crippen LogP contribution is 2.38. The third-order valence-corrected chi connectivity index (χ3v) is 7.66. The molecule has 0 unspecified atom stereocenters. The molecule has 0 aliphatic carbocycles. The van der Waals surface area contributed by atoms with Crippen LogP contribution in [0.2, 0.25) is 5.02 Å². The van der Waals surface area contributed by atoms with Gasteiger partial charge in [0.2, 0.25) is 0 Å². The smallest absolute Gasteiger partial charge is 0.151 e. The molecule has 1 aliphatic heterocycles. The Balaban J connectivity index is 1.37. The average Bonchev–Trinajstić information content (AvgIpc) is 3.26. The van der Waals surface area contributed by atoms with Gasteiger partial charge in [-0.3, -0.25) is 0 Å². The second-order valence-electron chi connectivity index (χ2n) is 7.24. The Morgan fingerprint density at radius 2 is 1.73 bits per heavy atom. The molecule has 4 nitrogen and oxygen atoms in total. The molecule has 0 saturated carbocycles. The molecule has 0 amide bonds. The number of fused-ring (bicyclic) bond motifs is 2. The molecule has 0 bridgehead atoms. The number of hydrogen-bond donors (Lipinski definition) is 0. The van der Waals surface area contributed by atoms with Crippen LogP contribution < -0.4 is 0 Å². The summed E-state index contributed by atoms with van der Waals surface area (Å²) in [5.74, 6) is 0. The Labute approximate surface area is 189 Å². The summed E-state index contributed by atoms with van der Waals surface area (Å²) in [4.78, 5) is 3.29. The first-order valence-electron chi connectivity index (χ1n) is 9.92. The highest BCUT2D eigenvalue weighted by Gasteiger charge is 2.20. The molecule has 1 aromatic heterocycles. The minimum Gasteiger partial charge on any atom is -0.243 e. The van der Waals surface area contributed by atoms with Crippen LogP contribution in [-0.4, -0.2) is 21.2 Å². The van der Waals surface area contributed by atoms with Gasteiger partial charge in [-0.25, -0.2) is 8.93 Å². The maximum atomic E-state index is 6.19. The molecular weight excluding hydrogens is 434 g/mol. The van der Waals surface area contributed by atoms with Crippen molar-refractivity contribution in [3.8, 4) is 0 Å². The van der Waals surface area contributed by atoms with Crippen molar-refractivity contribution in [3.63, 3.8) is 0 Å². The summed E-state index contributed by atoms with van der Waals surface area (Å²) in [5, 5.41) is 9.19. The molecule has 0 fully saturated rings. The zero-order valence-corrected chi connectivity index (χ0v) is 18.9. The monoisotopic (exact) mass is 453 g/mol. The molecule has 0 N–H and O–H groups in total. The van der Waals surface area contributed by atoms with E-state index in [0.717, 1.165) is 51.8 Å². The van der Waals surface area contributed by atoms with Crippen molar-refractivity contribution >= 4 is 46.3 Å². The van der Waals surface area contributed by atoms with Crippen LogP contribution in [0.3, 0.4) is 0 Å². The lowest BCUT2D eigenvalue weighted by Gasteiger charge is -2.27. The molecular formula is C23H20ClN3OS2. The zero-order valence-electron chi connectivity index (χ0n) is 16.5. The van der Waals surface area contributed by atoms with Gasteiger partial charge >= 0.3 is 0 Å². The van der Waals surface area contributed by atoms with E-state index in [1.54, 1.807) is 23.7 Å². The molecule has 0 spiro atoms. The largest absolute Gasteiger partial charge is 0.243 e. The first kappa shape index (κ1) is 19.9. The minimum absolute atomic E-state index is 0.789. The molecule has 4 aromatic rings. The quantitative estimate of drug-likeness (QED) is 0.315. The molecule has 152 valence electrons. The van der Waals surface area contributed by atoms with E-state index < -0.39 is 0 Å². The second-order valence-corrected chi connectivity index (χ2v) is 9.93.